The molecule has 1 saturated heterocycles. The highest BCUT2D eigenvalue weighted by Gasteiger charge is 2.36. The summed E-state index contributed by atoms with van der Waals surface area (Å²) in [6, 6.07) is 7.16. The van der Waals surface area contributed by atoms with E-state index in [1.165, 1.54) is 6.07 Å². The molecule has 0 aliphatic carbocycles. The van der Waals surface area contributed by atoms with Crippen LogP contribution in [0.2, 0.25) is 0 Å². The fraction of sp³-hybridized carbons (Fsp3) is 0.417. The molecule has 182 valence electrons. The molecule has 2 aromatic carbocycles. The third-order valence-electron chi connectivity index (χ3n) is 6.40. The van der Waals surface area contributed by atoms with E-state index in [1.54, 1.807) is 6.92 Å². The number of nitrogen functional groups attached to an aromatic ring is 1. The molecule has 0 radical (unpaired) electrons. The van der Waals surface area contributed by atoms with E-state index in [-0.39, 0.29) is 18.2 Å². The third kappa shape index (κ3) is 4.46. The summed E-state index contributed by atoms with van der Waals surface area (Å²) in [5.41, 5.74) is 5.35. The minimum atomic E-state index is -4.87. The predicted octanol–water partition coefficient (Wildman–Crippen LogP) is 5.06. The summed E-state index contributed by atoms with van der Waals surface area (Å²) >= 11 is 0. The molecule has 1 aliphatic rings. The van der Waals surface area contributed by atoms with Crippen LogP contribution in [0.5, 0.6) is 0 Å². The van der Waals surface area contributed by atoms with E-state index in [0.29, 0.717) is 17.4 Å². The first-order valence-corrected chi connectivity index (χ1v) is 11.1. The zero-order chi connectivity index (χ0) is 24.8. The molecule has 6 nitrogen and oxygen atoms in total. The number of benzene rings is 2. The van der Waals surface area contributed by atoms with Crippen molar-refractivity contribution in [1.29, 1.82) is 0 Å². The number of rotatable bonds is 5. The van der Waals surface area contributed by atoms with Crippen molar-refractivity contribution in [3.05, 3.63) is 53.0 Å². The number of nitrogens with one attached hydrogen (secondary N) is 1. The molecule has 10 heteroatoms. The Balaban J connectivity index is 1.72. The fourth-order valence-electron chi connectivity index (χ4n) is 4.62. The predicted molar refractivity (Wildman–Crippen MR) is 124 cm³/mol. The van der Waals surface area contributed by atoms with Gasteiger partial charge in [0.2, 0.25) is 0 Å². The number of halogens is 4. The van der Waals surface area contributed by atoms with Gasteiger partial charge in [-0.1, -0.05) is 13.0 Å². The van der Waals surface area contributed by atoms with Crippen LogP contribution in [0.4, 0.5) is 34.8 Å². The third-order valence-corrected chi connectivity index (χ3v) is 6.40. The molecule has 3 atom stereocenters. The highest BCUT2D eigenvalue weighted by molar-refractivity contribution is 5.95. The Morgan fingerprint density at radius 1 is 1.21 bits per heavy atom. The quantitative estimate of drug-likeness (QED) is 0.352. The number of aryl methyl sites for hydroxylation is 1. The van der Waals surface area contributed by atoms with Crippen LogP contribution in [0.3, 0.4) is 0 Å². The second kappa shape index (κ2) is 8.90. The van der Waals surface area contributed by atoms with E-state index in [9.17, 15) is 22.7 Å². The Labute approximate surface area is 194 Å². The zero-order valence-corrected chi connectivity index (χ0v) is 19.1. The van der Waals surface area contributed by atoms with E-state index >= 15 is 0 Å². The lowest BCUT2D eigenvalue weighted by molar-refractivity contribution is -0.139. The van der Waals surface area contributed by atoms with Gasteiger partial charge in [-0.2, -0.15) is 18.3 Å². The Hall–Kier alpha value is -3.14. The Morgan fingerprint density at radius 3 is 2.62 bits per heavy atom. The molecular weight excluding hydrogens is 450 g/mol. The normalized spacial score (nSPS) is 19.6. The number of fused-ring (bicyclic) bond motifs is 1. The highest BCUT2D eigenvalue weighted by Crippen LogP contribution is 2.37. The summed E-state index contributed by atoms with van der Waals surface area (Å²) in [6.07, 6.45) is -3.98. The number of nitrogens with two attached hydrogens (primary N) is 1. The van der Waals surface area contributed by atoms with Crippen molar-refractivity contribution in [2.75, 3.05) is 29.1 Å². The van der Waals surface area contributed by atoms with E-state index in [1.807, 2.05) is 25.1 Å². The van der Waals surface area contributed by atoms with Gasteiger partial charge in [-0.25, -0.2) is 4.39 Å². The first-order chi connectivity index (χ1) is 16.0. The van der Waals surface area contributed by atoms with Gasteiger partial charge in [0.15, 0.2) is 11.6 Å². The minimum Gasteiger partial charge on any atom is -0.396 e. The monoisotopic (exact) mass is 477 g/mol. The topological polar surface area (TPSA) is 87.3 Å². The number of hydrogen-bond donors (Lipinski definition) is 3. The molecular formula is C24H27F4N5O. The van der Waals surface area contributed by atoms with Crippen LogP contribution in [-0.2, 0) is 6.18 Å². The van der Waals surface area contributed by atoms with Crippen molar-refractivity contribution >= 4 is 28.0 Å². The van der Waals surface area contributed by atoms with E-state index in [0.717, 1.165) is 35.5 Å². The van der Waals surface area contributed by atoms with Crippen molar-refractivity contribution in [2.24, 2.45) is 5.92 Å². The lowest BCUT2D eigenvalue weighted by Gasteiger charge is -2.26. The molecule has 0 unspecified atom stereocenters. The lowest BCUT2D eigenvalue weighted by Crippen LogP contribution is -2.32. The molecule has 34 heavy (non-hydrogen) atoms. The van der Waals surface area contributed by atoms with E-state index in [4.69, 9.17) is 5.73 Å². The van der Waals surface area contributed by atoms with Crippen LogP contribution in [-0.4, -0.2) is 34.5 Å². The maximum absolute atomic E-state index is 14.0. The smallest absolute Gasteiger partial charge is 0.396 e. The number of aliphatic hydroxyl groups is 1. The number of hydrogen-bond acceptors (Lipinski definition) is 6. The van der Waals surface area contributed by atoms with Gasteiger partial charge in [-0.3, -0.25) is 0 Å². The van der Waals surface area contributed by atoms with E-state index < -0.39 is 29.3 Å². The summed E-state index contributed by atoms with van der Waals surface area (Å²) in [7, 11) is 0. The molecule has 2 heterocycles. The maximum atomic E-state index is 14.0. The van der Waals surface area contributed by atoms with Crippen LogP contribution in [0, 0.1) is 18.7 Å². The summed E-state index contributed by atoms with van der Waals surface area (Å²) in [4.78, 5) is 2.16. The molecule has 0 saturated carbocycles. The molecule has 0 bridgehead atoms. The van der Waals surface area contributed by atoms with Crippen LogP contribution in [0.25, 0.3) is 10.8 Å². The molecule has 4 N–H and O–H groups in total. The van der Waals surface area contributed by atoms with Gasteiger partial charge in [0, 0.05) is 23.0 Å². The Morgan fingerprint density at radius 2 is 1.94 bits per heavy atom. The number of nitrogens with zero attached hydrogens (tertiary/aromatic N) is 3. The Bertz CT molecular complexity index is 1220. The van der Waals surface area contributed by atoms with Crippen LogP contribution in [0.15, 0.2) is 30.3 Å². The second-order valence-corrected chi connectivity index (χ2v) is 9.03. The van der Waals surface area contributed by atoms with Gasteiger partial charge in [-0.15, -0.1) is 5.10 Å². The first-order valence-electron chi connectivity index (χ1n) is 11.1. The van der Waals surface area contributed by atoms with Crippen molar-refractivity contribution < 1.29 is 22.7 Å². The summed E-state index contributed by atoms with van der Waals surface area (Å²) < 4.78 is 53.8. The molecule has 3 aromatic rings. The molecule has 1 aromatic heterocycles. The second-order valence-electron chi connectivity index (χ2n) is 9.03. The first kappa shape index (κ1) is 24.0. The summed E-state index contributed by atoms with van der Waals surface area (Å²) in [5, 5.41) is 22.9. The van der Waals surface area contributed by atoms with Gasteiger partial charge in [0.1, 0.15) is 0 Å². The van der Waals surface area contributed by atoms with Crippen molar-refractivity contribution in [3.63, 3.8) is 0 Å². The van der Waals surface area contributed by atoms with Crippen molar-refractivity contribution in [3.8, 4) is 0 Å². The summed E-state index contributed by atoms with van der Waals surface area (Å²) in [5.74, 6) is -0.652. The zero-order valence-electron chi connectivity index (χ0n) is 19.1. The molecule has 1 fully saturated rings. The highest BCUT2D eigenvalue weighted by atomic mass is 19.4. The van der Waals surface area contributed by atoms with Crippen LogP contribution in [0.1, 0.15) is 43.1 Å². The summed E-state index contributed by atoms with van der Waals surface area (Å²) in [6.45, 7) is 6.46. The fourth-order valence-corrected chi connectivity index (χ4v) is 4.62. The lowest BCUT2D eigenvalue weighted by atomic mass is 10.0. The van der Waals surface area contributed by atoms with Crippen molar-refractivity contribution in [2.45, 2.75) is 45.5 Å². The molecule has 0 amide bonds. The van der Waals surface area contributed by atoms with Crippen molar-refractivity contribution in [1.82, 2.24) is 10.2 Å². The van der Waals surface area contributed by atoms with Gasteiger partial charge in [-0.05, 0) is 56.0 Å². The Kier molecular flexibility index (Phi) is 6.28. The number of aliphatic hydroxyl groups excluding tert-OH is 1. The molecule has 4 rings (SSSR count). The average Bonchev–Trinajstić information content (AvgIpc) is 3.17. The van der Waals surface area contributed by atoms with Gasteiger partial charge < -0.3 is 21.1 Å². The largest absolute Gasteiger partial charge is 0.419 e. The van der Waals surface area contributed by atoms with Crippen LogP contribution < -0.4 is 16.0 Å². The SMILES string of the molecule is Cc1nnc(N[C@H](C)c2cc(N)c(F)c(C(F)(F)F)c2)c2cc(N3C[C@@H](C)C[C@@H]3CO)ccc12. The molecule has 1 aliphatic heterocycles. The van der Waals surface area contributed by atoms with E-state index in [2.05, 4.69) is 27.3 Å². The number of aromatic nitrogens is 2. The van der Waals surface area contributed by atoms with Gasteiger partial charge in [0.05, 0.1) is 35.6 Å². The maximum Gasteiger partial charge on any atom is 0.419 e. The standard InChI is InChI=1S/C24H27F4N5O/c1-12-6-17(11-34)33(10-12)16-4-5-18-14(3)31-32-23(19(18)9-16)30-13(2)15-7-20(24(26,27)28)22(25)21(29)8-15/h4-5,7-9,12-13,17,34H,6,10-11,29H2,1-3H3,(H,30,32)/t12-,13+,17+/m0/s1. The number of alkyl halides is 3. The molecule has 0 spiro atoms. The van der Waals surface area contributed by atoms with Crippen LogP contribution >= 0.6 is 0 Å². The minimum absolute atomic E-state index is 0.0154. The average molecular weight is 478 g/mol. The van der Waals surface area contributed by atoms with Gasteiger partial charge in [0.25, 0.3) is 0 Å². The number of anilines is 3. The van der Waals surface area contributed by atoms with Gasteiger partial charge >= 0.3 is 6.18 Å².